The Morgan fingerprint density at radius 3 is 2.45 bits per heavy atom. The molecule has 106 valence electrons. The van der Waals surface area contributed by atoms with Crippen LogP contribution in [-0.4, -0.2) is 11.3 Å². The summed E-state index contributed by atoms with van der Waals surface area (Å²) in [5.41, 5.74) is 7.03. The van der Waals surface area contributed by atoms with E-state index in [4.69, 9.17) is 33.7 Å². The van der Waals surface area contributed by atoms with Crippen molar-refractivity contribution in [2.45, 2.75) is 10.6 Å². The average Bonchev–Trinajstić information content (AvgIpc) is 2.38. The Kier molecular flexibility index (Phi) is 4.91. The largest absolute Gasteiger partial charge is 0.496 e. The SMILES string of the molecule is COc1ccc(Cl)cc1CS(=O)c1ccc(Cl)cc1N. The summed E-state index contributed by atoms with van der Waals surface area (Å²) >= 11 is 11.8. The molecule has 1 unspecified atom stereocenters. The maximum Gasteiger partial charge on any atom is 0.123 e. The van der Waals surface area contributed by atoms with E-state index < -0.39 is 10.8 Å². The van der Waals surface area contributed by atoms with E-state index >= 15 is 0 Å². The molecular weight excluding hydrogens is 317 g/mol. The van der Waals surface area contributed by atoms with Crippen molar-refractivity contribution in [3.8, 4) is 5.75 Å². The molecule has 0 spiro atoms. The lowest BCUT2D eigenvalue weighted by atomic mass is 10.2. The number of nitrogens with two attached hydrogens (primary N) is 1. The highest BCUT2D eigenvalue weighted by molar-refractivity contribution is 7.84. The van der Waals surface area contributed by atoms with Crippen molar-refractivity contribution >= 4 is 39.7 Å². The first kappa shape index (κ1) is 15.2. The van der Waals surface area contributed by atoms with E-state index in [0.29, 0.717) is 26.4 Å². The first-order valence-electron chi connectivity index (χ1n) is 5.77. The van der Waals surface area contributed by atoms with Gasteiger partial charge in [0.25, 0.3) is 0 Å². The zero-order chi connectivity index (χ0) is 14.7. The zero-order valence-corrected chi connectivity index (χ0v) is 13.1. The number of ether oxygens (including phenoxy) is 1. The number of hydrogen-bond acceptors (Lipinski definition) is 3. The first-order valence-corrected chi connectivity index (χ1v) is 7.84. The van der Waals surface area contributed by atoms with Crippen molar-refractivity contribution in [1.29, 1.82) is 0 Å². The Morgan fingerprint density at radius 1 is 1.15 bits per heavy atom. The Balaban J connectivity index is 2.30. The fourth-order valence-corrected chi connectivity index (χ4v) is 3.39. The van der Waals surface area contributed by atoms with E-state index in [1.54, 1.807) is 43.5 Å². The normalized spacial score (nSPS) is 12.2. The number of methoxy groups -OCH3 is 1. The van der Waals surface area contributed by atoms with E-state index in [1.165, 1.54) is 0 Å². The molecule has 0 amide bonds. The predicted molar refractivity (Wildman–Crippen MR) is 84.0 cm³/mol. The van der Waals surface area contributed by atoms with Gasteiger partial charge in [-0.05, 0) is 36.4 Å². The quantitative estimate of drug-likeness (QED) is 0.865. The van der Waals surface area contributed by atoms with Crippen molar-refractivity contribution in [3.63, 3.8) is 0 Å². The summed E-state index contributed by atoms with van der Waals surface area (Å²) in [5, 5.41) is 1.09. The molecule has 0 aromatic heterocycles. The van der Waals surface area contributed by atoms with E-state index in [-0.39, 0.29) is 5.75 Å². The Bertz CT molecular complexity index is 662. The summed E-state index contributed by atoms with van der Waals surface area (Å²) in [6.45, 7) is 0. The number of halogens is 2. The van der Waals surface area contributed by atoms with Gasteiger partial charge in [-0.2, -0.15) is 0 Å². The van der Waals surface area contributed by atoms with Crippen molar-refractivity contribution in [1.82, 2.24) is 0 Å². The van der Waals surface area contributed by atoms with Gasteiger partial charge >= 0.3 is 0 Å². The van der Waals surface area contributed by atoms with Gasteiger partial charge in [0, 0.05) is 21.3 Å². The Hall–Kier alpha value is -1.23. The minimum atomic E-state index is -1.30. The molecule has 0 aliphatic carbocycles. The number of rotatable bonds is 4. The molecule has 0 saturated carbocycles. The second-order valence-electron chi connectivity index (χ2n) is 4.13. The minimum Gasteiger partial charge on any atom is -0.496 e. The lowest BCUT2D eigenvalue weighted by Crippen LogP contribution is -2.02. The number of benzene rings is 2. The molecule has 0 bridgehead atoms. The van der Waals surface area contributed by atoms with Gasteiger partial charge in [-0.25, -0.2) is 0 Å². The smallest absolute Gasteiger partial charge is 0.123 e. The third kappa shape index (κ3) is 3.45. The highest BCUT2D eigenvalue weighted by Crippen LogP contribution is 2.28. The molecule has 3 nitrogen and oxygen atoms in total. The second-order valence-corrected chi connectivity index (χ2v) is 6.42. The van der Waals surface area contributed by atoms with Crippen LogP contribution in [0.4, 0.5) is 5.69 Å². The molecule has 2 aromatic carbocycles. The third-order valence-electron chi connectivity index (χ3n) is 2.75. The average molecular weight is 330 g/mol. The van der Waals surface area contributed by atoms with Gasteiger partial charge in [0.05, 0.1) is 28.6 Å². The van der Waals surface area contributed by atoms with Crippen molar-refractivity contribution in [2.75, 3.05) is 12.8 Å². The summed E-state index contributed by atoms with van der Waals surface area (Å²) in [4.78, 5) is 0.552. The lowest BCUT2D eigenvalue weighted by Gasteiger charge is -2.10. The van der Waals surface area contributed by atoms with Crippen LogP contribution < -0.4 is 10.5 Å². The number of nitrogen functional groups attached to an aromatic ring is 1. The monoisotopic (exact) mass is 329 g/mol. The molecule has 6 heteroatoms. The summed E-state index contributed by atoms with van der Waals surface area (Å²) < 4.78 is 17.7. The topological polar surface area (TPSA) is 52.3 Å². The molecule has 1 atom stereocenters. The van der Waals surface area contributed by atoms with Crippen LogP contribution in [0.5, 0.6) is 5.75 Å². The van der Waals surface area contributed by atoms with Crippen LogP contribution in [0.3, 0.4) is 0 Å². The van der Waals surface area contributed by atoms with Crippen LogP contribution in [0, 0.1) is 0 Å². The fourth-order valence-electron chi connectivity index (χ4n) is 1.81. The van der Waals surface area contributed by atoms with E-state index in [0.717, 1.165) is 5.56 Å². The van der Waals surface area contributed by atoms with Crippen LogP contribution >= 0.6 is 23.2 Å². The standard InChI is InChI=1S/C14H13Cl2NO2S/c1-19-13-4-2-10(15)6-9(13)8-20(18)14-5-3-11(16)7-12(14)17/h2-7H,8,17H2,1H3. The van der Waals surface area contributed by atoms with Gasteiger partial charge in [-0.1, -0.05) is 23.2 Å². The third-order valence-corrected chi connectivity index (χ3v) is 4.65. The lowest BCUT2D eigenvalue weighted by molar-refractivity contribution is 0.411. The van der Waals surface area contributed by atoms with Gasteiger partial charge in [-0.3, -0.25) is 4.21 Å². The van der Waals surface area contributed by atoms with Crippen molar-refractivity contribution < 1.29 is 8.95 Å². The summed E-state index contributed by atoms with van der Waals surface area (Å²) in [5.74, 6) is 0.922. The van der Waals surface area contributed by atoms with Crippen LogP contribution in [-0.2, 0) is 16.6 Å². The molecule has 0 fully saturated rings. The molecular formula is C14H13Cl2NO2S. The maximum absolute atomic E-state index is 12.4. The summed E-state index contributed by atoms with van der Waals surface area (Å²) in [6.07, 6.45) is 0. The highest BCUT2D eigenvalue weighted by Gasteiger charge is 2.13. The molecule has 0 aliphatic rings. The van der Waals surface area contributed by atoms with E-state index in [2.05, 4.69) is 0 Å². The van der Waals surface area contributed by atoms with Crippen molar-refractivity contribution in [2.24, 2.45) is 0 Å². The van der Waals surface area contributed by atoms with Gasteiger partial charge < -0.3 is 10.5 Å². The van der Waals surface area contributed by atoms with Crippen molar-refractivity contribution in [3.05, 3.63) is 52.0 Å². The van der Waals surface area contributed by atoms with E-state index in [9.17, 15) is 4.21 Å². The molecule has 20 heavy (non-hydrogen) atoms. The number of anilines is 1. The van der Waals surface area contributed by atoms with Crippen LogP contribution in [0.25, 0.3) is 0 Å². The van der Waals surface area contributed by atoms with Crippen LogP contribution in [0.15, 0.2) is 41.3 Å². The summed E-state index contributed by atoms with van der Waals surface area (Å²) in [6, 6.07) is 10.1. The molecule has 2 aromatic rings. The fraction of sp³-hybridized carbons (Fsp3) is 0.143. The zero-order valence-electron chi connectivity index (χ0n) is 10.7. The van der Waals surface area contributed by atoms with Gasteiger partial charge in [-0.15, -0.1) is 0 Å². The molecule has 2 rings (SSSR count). The molecule has 0 heterocycles. The Labute approximate surface area is 130 Å². The van der Waals surface area contributed by atoms with Gasteiger partial charge in [0.2, 0.25) is 0 Å². The molecule has 2 N–H and O–H groups in total. The first-order chi connectivity index (χ1) is 9.51. The van der Waals surface area contributed by atoms with Gasteiger partial charge in [0.1, 0.15) is 5.75 Å². The maximum atomic E-state index is 12.4. The molecule has 0 aliphatic heterocycles. The van der Waals surface area contributed by atoms with Gasteiger partial charge in [0.15, 0.2) is 0 Å². The Morgan fingerprint density at radius 2 is 1.80 bits per heavy atom. The summed E-state index contributed by atoms with van der Waals surface area (Å²) in [7, 11) is 0.265. The highest BCUT2D eigenvalue weighted by atomic mass is 35.5. The molecule has 0 radical (unpaired) electrons. The predicted octanol–water partition coefficient (Wildman–Crippen LogP) is 3.89. The van der Waals surface area contributed by atoms with E-state index in [1.807, 2.05) is 0 Å². The second kappa shape index (κ2) is 6.48. The van der Waals surface area contributed by atoms with Crippen LogP contribution in [0.2, 0.25) is 10.0 Å². The molecule has 0 saturated heterocycles. The number of hydrogen-bond donors (Lipinski definition) is 1. The van der Waals surface area contributed by atoms with Crippen LogP contribution in [0.1, 0.15) is 5.56 Å². The minimum absolute atomic E-state index is 0.273.